The summed E-state index contributed by atoms with van der Waals surface area (Å²) in [7, 11) is 2.80. The lowest BCUT2D eigenvalue weighted by Crippen LogP contribution is -2.29. The predicted molar refractivity (Wildman–Crippen MR) is 130 cm³/mol. The Hall–Kier alpha value is -1.21. The van der Waals surface area contributed by atoms with E-state index in [1.807, 2.05) is 0 Å². The van der Waals surface area contributed by atoms with Crippen molar-refractivity contribution >= 4 is 59.8 Å². The maximum atomic E-state index is 11.2. The Morgan fingerprint density at radius 1 is 1.38 bits per heavy atom. The Morgan fingerprint density at radius 2 is 2.07 bits per heavy atom. The average molecular weight is 499 g/mol. The van der Waals surface area contributed by atoms with Gasteiger partial charge in [-0.2, -0.15) is 4.99 Å². The highest BCUT2D eigenvalue weighted by Crippen LogP contribution is 2.33. The number of hydrogen-bond donors (Lipinski definition) is 2. The number of thioether (sulfide) groups is 1. The molecular formula is C20H28BrN4O2PS. The zero-order valence-electron chi connectivity index (χ0n) is 17.3. The number of aliphatic imine (C=N–C) groups is 2. The molecular weight excluding hydrogens is 471 g/mol. The molecule has 0 radical (unpaired) electrons. The Labute approximate surface area is 187 Å². The number of nitrogens with two attached hydrogens (primary N) is 1. The SMILES string of the molecule is CC/C=C(/NC(=NCC(N)=NC(C)=O)c1c(C)c(P)c(Br)c2c1COC2)SCC. The number of allylic oxidation sites excluding steroid dienone is 1. The van der Waals surface area contributed by atoms with E-state index in [0.717, 1.165) is 49.2 Å². The Bertz CT molecular complexity index is 884. The summed E-state index contributed by atoms with van der Waals surface area (Å²) in [6.07, 6.45) is 3.05. The quantitative estimate of drug-likeness (QED) is 0.341. The van der Waals surface area contributed by atoms with Gasteiger partial charge in [0.2, 0.25) is 5.91 Å². The molecule has 9 heteroatoms. The molecule has 0 aliphatic carbocycles. The molecule has 1 unspecified atom stereocenters. The van der Waals surface area contributed by atoms with Crippen molar-refractivity contribution in [3.63, 3.8) is 0 Å². The number of nitrogens with zero attached hydrogens (tertiary/aromatic N) is 2. The predicted octanol–water partition coefficient (Wildman–Crippen LogP) is 3.53. The maximum absolute atomic E-state index is 11.2. The van der Waals surface area contributed by atoms with E-state index < -0.39 is 0 Å². The second kappa shape index (κ2) is 11.3. The number of rotatable bonds is 7. The summed E-state index contributed by atoms with van der Waals surface area (Å²) in [5.74, 6) is 1.51. The van der Waals surface area contributed by atoms with Crippen LogP contribution in [-0.4, -0.2) is 29.9 Å². The van der Waals surface area contributed by atoms with E-state index in [1.165, 1.54) is 6.92 Å². The Morgan fingerprint density at radius 3 is 2.69 bits per heavy atom. The monoisotopic (exact) mass is 498 g/mol. The molecule has 0 aromatic heterocycles. The lowest BCUT2D eigenvalue weighted by Gasteiger charge is -2.20. The third-order valence-electron chi connectivity index (χ3n) is 4.31. The van der Waals surface area contributed by atoms with E-state index >= 15 is 0 Å². The molecule has 0 saturated carbocycles. The molecule has 3 N–H and O–H groups in total. The van der Waals surface area contributed by atoms with Gasteiger partial charge in [0.1, 0.15) is 11.7 Å². The number of amides is 1. The maximum Gasteiger partial charge on any atom is 0.244 e. The zero-order chi connectivity index (χ0) is 21.6. The van der Waals surface area contributed by atoms with Crippen LogP contribution in [0, 0.1) is 6.92 Å². The van der Waals surface area contributed by atoms with Gasteiger partial charge in [0.15, 0.2) is 0 Å². The number of halogens is 1. The molecule has 1 aromatic carbocycles. The molecule has 29 heavy (non-hydrogen) atoms. The Kier molecular flexibility index (Phi) is 9.34. The highest BCUT2D eigenvalue weighted by Gasteiger charge is 2.26. The number of ether oxygens (including phenoxy) is 1. The van der Waals surface area contributed by atoms with Gasteiger partial charge in [0.05, 0.1) is 24.8 Å². The van der Waals surface area contributed by atoms with Crippen molar-refractivity contribution in [2.45, 2.75) is 47.3 Å². The van der Waals surface area contributed by atoms with Gasteiger partial charge in [0.25, 0.3) is 0 Å². The van der Waals surface area contributed by atoms with Gasteiger partial charge in [-0.05, 0) is 57.0 Å². The lowest BCUT2D eigenvalue weighted by molar-refractivity contribution is -0.115. The third-order valence-corrected chi connectivity index (χ3v) is 7.23. The normalized spacial score (nSPS) is 14.9. The first-order valence-electron chi connectivity index (χ1n) is 9.45. The van der Waals surface area contributed by atoms with Crippen molar-refractivity contribution in [1.82, 2.24) is 5.32 Å². The minimum absolute atomic E-state index is 0.134. The van der Waals surface area contributed by atoms with E-state index in [9.17, 15) is 4.79 Å². The van der Waals surface area contributed by atoms with Gasteiger partial charge < -0.3 is 15.8 Å². The largest absolute Gasteiger partial charge is 0.385 e. The van der Waals surface area contributed by atoms with Crippen molar-refractivity contribution in [1.29, 1.82) is 0 Å². The molecule has 0 spiro atoms. The van der Waals surface area contributed by atoms with Crippen LogP contribution >= 0.6 is 36.9 Å². The summed E-state index contributed by atoms with van der Waals surface area (Å²) in [6, 6.07) is 0. The highest BCUT2D eigenvalue weighted by atomic mass is 79.9. The summed E-state index contributed by atoms with van der Waals surface area (Å²) in [5.41, 5.74) is 10.3. The molecule has 0 saturated heterocycles. The van der Waals surface area contributed by atoms with Crippen molar-refractivity contribution in [2.24, 2.45) is 15.7 Å². The van der Waals surface area contributed by atoms with Crippen LogP contribution in [0.5, 0.6) is 0 Å². The molecule has 1 aromatic rings. The van der Waals surface area contributed by atoms with Gasteiger partial charge in [0, 0.05) is 17.0 Å². The fourth-order valence-corrected chi connectivity index (χ4v) is 4.77. The summed E-state index contributed by atoms with van der Waals surface area (Å²) < 4.78 is 6.80. The van der Waals surface area contributed by atoms with E-state index in [2.05, 4.69) is 62.3 Å². The van der Waals surface area contributed by atoms with Gasteiger partial charge in [-0.1, -0.05) is 19.9 Å². The average Bonchev–Trinajstić information content (AvgIpc) is 3.13. The smallest absolute Gasteiger partial charge is 0.244 e. The molecule has 1 heterocycles. The van der Waals surface area contributed by atoms with Crippen molar-refractivity contribution in [3.05, 3.63) is 37.8 Å². The molecule has 158 valence electrons. The van der Waals surface area contributed by atoms with Crippen LogP contribution in [0.4, 0.5) is 0 Å². The lowest BCUT2D eigenvalue weighted by atomic mass is 9.97. The number of fused-ring (bicyclic) bond motifs is 1. The number of carbonyl (C=O) groups excluding carboxylic acids is 1. The topological polar surface area (TPSA) is 89.1 Å². The van der Waals surface area contributed by atoms with Crippen LogP contribution in [-0.2, 0) is 22.7 Å². The molecule has 1 aliphatic rings. The summed E-state index contributed by atoms with van der Waals surface area (Å²) in [6.45, 7) is 8.88. The minimum atomic E-state index is -0.332. The summed E-state index contributed by atoms with van der Waals surface area (Å²) in [5, 5.41) is 5.61. The first kappa shape index (κ1) is 24.1. The number of amidine groups is 2. The van der Waals surface area contributed by atoms with Crippen LogP contribution in [0.2, 0.25) is 0 Å². The van der Waals surface area contributed by atoms with Crippen molar-refractivity contribution in [3.8, 4) is 0 Å². The van der Waals surface area contributed by atoms with Gasteiger partial charge in [-0.15, -0.1) is 21.0 Å². The van der Waals surface area contributed by atoms with Crippen LogP contribution in [0.1, 0.15) is 49.4 Å². The second-order valence-corrected chi connectivity index (χ2v) is 9.18. The zero-order valence-corrected chi connectivity index (χ0v) is 20.8. The van der Waals surface area contributed by atoms with E-state index in [4.69, 9.17) is 15.5 Å². The minimum Gasteiger partial charge on any atom is -0.385 e. The van der Waals surface area contributed by atoms with Crippen LogP contribution in [0.3, 0.4) is 0 Å². The molecule has 0 bridgehead atoms. The van der Waals surface area contributed by atoms with Crippen LogP contribution in [0.15, 0.2) is 25.6 Å². The second-order valence-electron chi connectivity index (χ2n) is 6.50. The first-order chi connectivity index (χ1) is 13.8. The third kappa shape index (κ3) is 6.14. The van der Waals surface area contributed by atoms with E-state index in [1.54, 1.807) is 11.8 Å². The van der Waals surface area contributed by atoms with Crippen molar-refractivity contribution in [2.75, 3.05) is 12.3 Å². The van der Waals surface area contributed by atoms with E-state index in [-0.39, 0.29) is 18.3 Å². The molecule has 2 rings (SSSR count). The van der Waals surface area contributed by atoms with Gasteiger partial charge in [-0.3, -0.25) is 9.79 Å². The fourth-order valence-electron chi connectivity index (χ4n) is 3.04. The standard InChI is InChI=1S/C20H28BrN4O2PS/c1-5-7-16(29-6-2)25-20(23-8-15(22)24-12(4)26)17-11(3)19(28)18(21)14-10-27-9-13(14)17/h7H,5-6,8-10,28H2,1-4H3,(H,23,25)(H2,22,24,26)/b16-7-. The molecule has 1 aliphatic heterocycles. The molecule has 1 atom stereocenters. The van der Waals surface area contributed by atoms with Crippen LogP contribution in [0.25, 0.3) is 0 Å². The number of carbonyl (C=O) groups is 1. The summed E-state index contributed by atoms with van der Waals surface area (Å²) >= 11 is 5.43. The fraction of sp³-hybridized carbons (Fsp3) is 0.450. The first-order valence-corrected chi connectivity index (χ1v) is 11.8. The van der Waals surface area contributed by atoms with Crippen molar-refractivity contribution < 1.29 is 9.53 Å². The molecule has 6 nitrogen and oxygen atoms in total. The number of hydrogen-bond acceptors (Lipinski definition) is 4. The van der Waals surface area contributed by atoms with Gasteiger partial charge in [-0.25, -0.2) is 0 Å². The molecule has 1 amide bonds. The number of benzene rings is 1. The van der Waals surface area contributed by atoms with Crippen LogP contribution < -0.4 is 16.4 Å². The Balaban J connectivity index is 2.59. The van der Waals surface area contributed by atoms with E-state index in [0.29, 0.717) is 19.0 Å². The number of nitrogens with one attached hydrogen (secondary N) is 1. The van der Waals surface area contributed by atoms with Gasteiger partial charge >= 0.3 is 0 Å². The summed E-state index contributed by atoms with van der Waals surface area (Å²) in [4.78, 5) is 19.7. The highest BCUT2D eigenvalue weighted by molar-refractivity contribution is 9.10. The molecule has 0 fully saturated rings.